The van der Waals surface area contributed by atoms with Gasteiger partial charge >= 0.3 is 0 Å². The molecule has 0 fully saturated rings. The van der Waals surface area contributed by atoms with Crippen molar-refractivity contribution in [3.05, 3.63) is 72.8 Å². The van der Waals surface area contributed by atoms with E-state index in [1.165, 1.54) is 0 Å². The smallest absolute Gasteiger partial charge is 0.279 e. The lowest BCUT2D eigenvalue weighted by Gasteiger charge is -2.18. The fourth-order valence-electron chi connectivity index (χ4n) is 2.58. The van der Waals surface area contributed by atoms with Gasteiger partial charge in [-0.3, -0.25) is 20.4 Å². The second-order valence-electron chi connectivity index (χ2n) is 6.32. The molecular formula is C22H22N2O4. The highest BCUT2D eigenvalue weighted by atomic mass is 16.5. The number of rotatable bonds is 6. The van der Waals surface area contributed by atoms with Gasteiger partial charge in [-0.1, -0.05) is 48.5 Å². The molecule has 2 N–H and O–H groups in total. The van der Waals surface area contributed by atoms with E-state index in [-0.39, 0.29) is 0 Å². The molecule has 0 heterocycles. The Morgan fingerprint density at radius 3 is 1.86 bits per heavy atom. The van der Waals surface area contributed by atoms with Crippen molar-refractivity contribution >= 4 is 22.6 Å². The zero-order valence-corrected chi connectivity index (χ0v) is 15.7. The van der Waals surface area contributed by atoms with E-state index in [9.17, 15) is 9.59 Å². The van der Waals surface area contributed by atoms with Crippen LogP contribution in [0.5, 0.6) is 11.5 Å². The number of fused-ring (bicyclic) bond motifs is 1. The first kappa shape index (κ1) is 19.2. The molecule has 0 spiro atoms. The lowest BCUT2D eigenvalue weighted by Crippen LogP contribution is -2.50. The average Bonchev–Trinajstić information content (AvgIpc) is 2.72. The Labute approximate surface area is 163 Å². The minimum atomic E-state index is -0.785. The number of carbonyl (C=O) groups excluding carboxylic acids is 2. The number of ether oxygens (including phenoxy) is 2. The van der Waals surface area contributed by atoms with E-state index in [4.69, 9.17) is 9.47 Å². The van der Waals surface area contributed by atoms with Gasteiger partial charge in [0.05, 0.1) is 0 Å². The van der Waals surface area contributed by atoms with Gasteiger partial charge in [-0.25, -0.2) is 0 Å². The van der Waals surface area contributed by atoms with E-state index in [1.807, 2.05) is 54.6 Å². The molecule has 2 amide bonds. The molecule has 6 nitrogen and oxygen atoms in total. The highest BCUT2D eigenvalue weighted by Crippen LogP contribution is 2.21. The van der Waals surface area contributed by atoms with Gasteiger partial charge in [-0.05, 0) is 48.9 Å². The zero-order chi connectivity index (χ0) is 19.9. The third-order valence-corrected chi connectivity index (χ3v) is 4.14. The predicted octanol–water partition coefficient (Wildman–Crippen LogP) is 3.22. The van der Waals surface area contributed by atoms with Crippen LogP contribution in [0.25, 0.3) is 10.8 Å². The van der Waals surface area contributed by atoms with Crippen LogP contribution in [-0.2, 0) is 9.59 Å². The number of hydrogen-bond acceptors (Lipinski definition) is 4. The Morgan fingerprint density at radius 1 is 0.679 bits per heavy atom. The molecule has 0 aliphatic carbocycles. The van der Waals surface area contributed by atoms with Crippen molar-refractivity contribution in [2.45, 2.75) is 26.1 Å². The summed E-state index contributed by atoms with van der Waals surface area (Å²) in [6.07, 6.45) is -1.55. The van der Waals surface area contributed by atoms with E-state index in [2.05, 4.69) is 10.9 Å². The maximum absolute atomic E-state index is 12.2. The number of nitrogens with one attached hydrogen (secondary N) is 2. The summed E-state index contributed by atoms with van der Waals surface area (Å²) in [5, 5.41) is 2.11. The Bertz CT molecular complexity index is 959. The van der Waals surface area contributed by atoms with E-state index in [1.54, 1.807) is 32.0 Å². The number of carbonyl (C=O) groups is 2. The van der Waals surface area contributed by atoms with Crippen molar-refractivity contribution in [3.8, 4) is 11.5 Å². The first-order valence-electron chi connectivity index (χ1n) is 9.00. The van der Waals surface area contributed by atoms with Crippen LogP contribution in [-0.4, -0.2) is 24.0 Å². The van der Waals surface area contributed by atoms with Crippen molar-refractivity contribution < 1.29 is 19.1 Å². The van der Waals surface area contributed by atoms with Crippen LogP contribution >= 0.6 is 0 Å². The molecule has 2 atom stereocenters. The Kier molecular flexibility index (Phi) is 6.11. The first-order chi connectivity index (χ1) is 13.5. The molecule has 0 aromatic heterocycles. The van der Waals surface area contributed by atoms with Crippen LogP contribution in [0.4, 0.5) is 0 Å². The molecule has 0 radical (unpaired) electrons. The fraction of sp³-hybridized carbons (Fsp3) is 0.182. The zero-order valence-electron chi connectivity index (χ0n) is 15.7. The SMILES string of the molecule is C[C@H](Oc1ccccc1)C(=O)NNC(=O)[C@H](C)Oc1ccc2ccccc2c1. The summed E-state index contributed by atoms with van der Waals surface area (Å²) in [5.74, 6) is 0.224. The molecule has 0 aliphatic heterocycles. The molecule has 0 bridgehead atoms. The molecule has 0 saturated heterocycles. The summed E-state index contributed by atoms with van der Waals surface area (Å²) in [7, 11) is 0. The molecule has 3 aromatic rings. The number of benzene rings is 3. The molecule has 0 saturated carbocycles. The summed E-state index contributed by atoms with van der Waals surface area (Å²) in [6, 6.07) is 22.5. The van der Waals surface area contributed by atoms with Crippen LogP contribution in [0.15, 0.2) is 72.8 Å². The largest absolute Gasteiger partial charge is 0.481 e. The van der Waals surface area contributed by atoms with Gasteiger partial charge in [0.1, 0.15) is 11.5 Å². The van der Waals surface area contributed by atoms with E-state index in [0.29, 0.717) is 11.5 Å². The van der Waals surface area contributed by atoms with Crippen LogP contribution in [0.2, 0.25) is 0 Å². The predicted molar refractivity (Wildman–Crippen MR) is 107 cm³/mol. The van der Waals surface area contributed by atoms with Gasteiger partial charge < -0.3 is 9.47 Å². The second-order valence-corrected chi connectivity index (χ2v) is 6.32. The monoisotopic (exact) mass is 378 g/mol. The number of hydrogen-bond donors (Lipinski definition) is 2. The molecule has 3 rings (SSSR count). The third kappa shape index (κ3) is 5.01. The normalized spacial score (nSPS) is 12.6. The first-order valence-corrected chi connectivity index (χ1v) is 9.00. The fourth-order valence-corrected chi connectivity index (χ4v) is 2.58. The van der Waals surface area contributed by atoms with E-state index in [0.717, 1.165) is 10.8 Å². The summed E-state index contributed by atoms with van der Waals surface area (Å²) in [5.41, 5.74) is 4.72. The van der Waals surface area contributed by atoms with Crippen molar-refractivity contribution in [1.82, 2.24) is 10.9 Å². The number of amides is 2. The van der Waals surface area contributed by atoms with Gasteiger partial charge in [0, 0.05) is 0 Å². The van der Waals surface area contributed by atoms with Crippen LogP contribution in [0.1, 0.15) is 13.8 Å². The second kappa shape index (κ2) is 8.90. The van der Waals surface area contributed by atoms with Crippen LogP contribution in [0, 0.1) is 0 Å². The average molecular weight is 378 g/mol. The maximum Gasteiger partial charge on any atom is 0.279 e. The highest BCUT2D eigenvalue weighted by molar-refractivity contribution is 5.87. The summed E-state index contributed by atoms with van der Waals surface area (Å²) in [4.78, 5) is 24.3. The van der Waals surface area contributed by atoms with Gasteiger partial charge in [0.2, 0.25) is 0 Å². The highest BCUT2D eigenvalue weighted by Gasteiger charge is 2.19. The molecule has 28 heavy (non-hydrogen) atoms. The number of para-hydroxylation sites is 1. The van der Waals surface area contributed by atoms with E-state index >= 15 is 0 Å². The Hall–Kier alpha value is -3.54. The number of hydrazine groups is 1. The third-order valence-electron chi connectivity index (χ3n) is 4.14. The molecule has 0 unspecified atom stereocenters. The standard InChI is InChI=1S/C22H22N2O4/c1-15(27-19-10-4-3-5-11-19)21(25)23-24-22(26)16(2)28-20-13-12-17-8-6-7-9-18(17)14-20/h3-16H,1-2H3,(H,23,25)(H,24,26)/t15-,16-/m0/s1. The van der Waals surface area contributed by atoms with Gasteiger partial charge in [0.25, 0.3) is 11.8 Å². The van der Waals surface area contributed by atoms with Crippen molar-refractivity contribution in [1.29, 1.82) is 0 Å². The molecule has 0 aliphatic rings. The summed E-state index contributed by atoms with van der Waals surface area (Å²) in [6.45, 7) is 3.21. The lowest BCUT2D eigenvalue weighted by atomic mass is 10.1. The van der Waals surface area contributed by atoms with Crippen molar-refractivity contribution in [2.24, 2.45) is 0 Å². The van der Waals surface area contributed by atoms with Gasteiger partial charge in [-0.15, -0.1) is 0 Å². The maximum atomic E-state index is 12.2. The molecule has 3 aromatic carbocycles. The lowest BCUT2D eigenvalue weighted by molar-refractivity contribution is -0.135. The van der Waals surface area contributed by atoms with Crippen molar-refractivity contribution in [3.63, 3.8) is 0 Å². The Balaban J connectivity index is 1.49. The van der Waals surface area contributed by atoms with Gasteiger partial charge in [0.15, 0.2) is 12.2 Å². The van der Waals surface area contributed by atoms with Crippen molar-refractivity contribution in [2.75, 3.05) is 0 Å². The molecule has 144 valence electrons. The molecule has 6 heteroatoms. The van der Waals surface area contributed by atoms with Crippen LogP contribution < -0.4 is 20.3 Å². The minimum Gasteiger partial charge on any atom is -0.481 e. The quantitative estimate of drug-likeness (QED) is 0.646. The Morgan fingerprint density at radius 2 is 1.21 bits per heavy atom. The summed E-state index contributed by atoms with van der Waals surface area (Å²) >= 11 is 0. The molecular weight excluding hydrogens is 356 g/mol. The van der Waals surface area contributed by atoms with E-state index < -0.39 is 24.0 Å². The van der Waals surface area contributed by atoms with Gasteiger partial charge in [-0.2, -0.15) is 0 Å². The van der Waals surface area contributed by atoms with Crippen LogP contribution in [0.3, 0.4) is 0 Å². The topological polar surface area (TPSA) is 76.7 Å². The summed E-state index contributed by atoms with van der Waals surface area (Å²) < 4.78 is 11.2. The minimum absolute atomic E-state index is 0.463.